The Labute approximate surface area is 209 Å². The topological polar surface area (TPSA) is 141 Å². The first-order valence-electron chi connectivity index (χ1n) is 11.9. The van der Waals surface area contributed by atoms with E-state index < -0.39 is 23.3 Å². The largest absolute Gasteiger partial charge is 0.390 e. The van der Waals surface area contributed by atoms with E-state index in [4.69, 9.17) is 11.0 Å². The molecule has 3 aromatic heterocycles. The minimum absolute atomic E-state index is 0.139. The molecule has 4 rings (SSSR count). The lowest BCUT2D eigenvalue weighted by Crippen LogP contribution is -2.49. The van der Waals surface area contributed by atoms with Crippen LogP contribution in [0.15, 0.2) is 36.7 Å². The minimum atomic E-state index is -1.61. The van der Waals surface area contributed by atoms with Gasteiger partial charge in [0, 0.05) is 12.2 Å². The van der Waals surface area contributed by atoms with Crippen molar-refractivity contribution < 1.29 is 19.4 Å². The van der Waals surface area contributed by atoms with Crippen LogP contribution in [0.25, 0.3) is 16.9 Å². The van der Waals surface area contributed by atoms with Crippen LogP contribution in [0.3, 0.4) is 0 Å². The molecule has 0 spiro atoms. The van der Waals surface area contributed by atoms with Crippen molar-refractivity contribution >= 4 is 17.1 Å². The molecule has 4 N–H and O–H groups in total. The zero-order valence-corrected chi connectivity index (χ0v) is 20.6. The molecule has 3 heterocycles. The Morgan fingerprint density at radius 2 is 2.06 bits per heavy atom. The number of carbonyl (C=O) groups is 1. The van der Waals surface area contributed by atoms with Gasteiger partial charge < -0.3 is 20.8 Å². The fourth-order valence-corrected chi connectivity index (χ4v) is 4.64. The molecule has 0 saturated heterocycles. The molecule has 36 heavy (non-hydrogen) atoms. The summed E-state index contributed by atoms with van der Waals surface area (Å²) in [6.07, 6.45) is 3.41. The molecule has 1 aliphatic carbocycles. The number of nitrogens with zero attached hydrogens (tertiary/aromatic N) is 5. The summed E-state index contributed by atoms with van der Waals surface area (Å²) >= 11 is 0. The van der Waals surface area contributed by atoms with Crippen LogP contribution < -0.4 is 10.6 Å². The molecule has 0 radical (unpaired) electrons. The van der Waals surface area contributed by atoms with E-state index in [0.717, 1.165) is 0 Å². The van der Waals surface area contributed by atoms with Crippen molar-refractivity contribution in [3.63, 3.8) is 0 Å². The third kappa shape index (κ3) is 5.17. The van der Waals surface area contributed by atoms with Crippen molar-refractivity contribution in [1.29, 1.82) is 5.26 Å². The number of rotatable bonds is 7. The lowest BCUT2D eigenvalue weighted by atomic mass is 9.82. The van der Waals surface area contributed by atoms with Gasteiger partial charge in [0.1, 0.15) is 12.2 Å². The summed E-state index contributed by atoms with van der Waals surface area (Å²) in [5.74, 6) is -0.702. The van der Waals surface area contributed by atoms with Crippen molar-refractivity contribution in [2.45, 2.75) is 69.9 Å². The summed E-state index contributed by atoms with van der Waals surface area (Å²) in [6.45, 7) is 4.42. The SMILES string of the molecule is CC1(O)CCC(N(C[C@@H](F)C(C)(C)O)c2cc(-c3ccc4cc(C#N)cnn34)ncc2C(N)=O)CC1. The van der Waals surface area contributed by atoms with Crippen LogP contribution >= 0.6 is 0 Å². The van der Waals surface area contributed by atoms with Crippen LogP contribution in [-0.4, -0.2) is 60.7 Å². The van der Waals surface area contributed by atoms with Crippen LogP contribution in [0.1, 0.15) is 62.4 Å². The van der Waals surface area contributed by atoms with Crippen LogP contribution in [0.4, 0.5) is 10.1 Å². The van der Waals surface area contributed by atoms with E-state index in [2.05, 4.69) is 16.2 Å². The van der Waals surface area contributed by atoms with Gasteiger partial charge in [-0.25, -0.2) is 8.91 Å². The highest BCUT2D eigenvalue weighted by molar-refractivity contribution is 5.99. The van der Waals surface area contributed by atoms with E-state index in [0.29, 0.717) is 53.8 Å². The maximum absolute atomic E-state index is 15.2. The molecule has 3 aromatic rings. The molecular weight excluding hydrogens is 463 g/mol. The number of aromatic nitrogens is 3. The molecule has 9 nitrogen and oxygen atoms in total. The fourth-order valence-electron chi connectivity index (χ4n) is 4.64. The first-order chi connectivity index (χ1) is 16.9. The van der Waals surface area contributed by atoms with Crippen LogP contribution in [-0.2, 0) is 0 Å². The molecule has 0 unspecified atom stereocenters. The third-order valence-electron chi connectivity index (χ3n) is 6.95. The van der Waals surface area contributed by atoms with E-state index in [1.165, 1.54) is 26.2 Å². The fraction of sp³-hybridized carbons (Fsp3) is 0.462. The molecule has 1 saturated carbocycles. The lowest BCUT2D eigenvalue weighted by Gasteiger charge is -2.42. The second-order valence-electron chi connectivity index (χ2n) is 10.4. The van der Waals surface area contributed by atoms with Gasteiger partial charge >= 0.3 is 0 Å². The van der Waals surface area contributed by atoms with Gasteiger partial charge in [0.2, 0.25) is 0 Å². The normalized spacial score (nSPS) is 21.2. The maximum Gasteiger partial charge on any atom is 0.252 e. The molecule has 1 amide bonds. The Morgan fingerprint density at radius 3 is 2.67 bits per heavy atom. The highest BCUT2D eigenvalue weighted by Gasteiger charge is 2.37. The number of alkyl halides is 1. The summed E-state index contributed by atoms with van der Waals surface area (Å²) < 4.78 is 16.9. The van der Waals surface area contributed by atoms with E-state index in [9.17, 15) is 15.0 Å². The molecule has 1 fully saturated rings. The average Bonchev–Trinajstić information content (AvgIpc) is 3.24. The highest BCUT2D eigenvalue weighted by atomic mass is 19.1. The third-order valence-corrected chi connectivity index (χ3v) is 6.95. The number of carbonyl (C=O) groups excluding carboxylic acids is 1. The predicted molar refractivity (Wildman–Crippen MR) is 133 cm³/mol. The second kappa shape index (κ2) is 9.48. The number of anilines is 1. The summed E-state index contributed by atoms with van der Waals surface area (Å²) in [6, 6.07) is 8.87. The molecule has 1 aliphatic rings. The van der Waals surface area contributed by atoms with Gasteiger partial charge in [-0.3, -0.25) is 9.78 Å². The first kappa shape index (κ1) is 25.5. The molecule has 10 heteroatoms. The number of hydrogen-bond acceptors (Lipinski definition) is 7. The Morgan fingerprint density at radius 1 is 1.36 bits per heavy atom. The minimum Gasteiger partial charge on any atom is -0.390 e. The number of pyridine rings is 1. The van der Waals surface area contributed by atoms with Crippen molar-refractivity contribution in [3.8, 4) is 17.5 Å². The molecule has 0 bridgehead atoms. The van der Waals surface area contributed by atoms with E-state index in [1.807, 2.05) is 0 Å². The summed E-state index contributed by atoms with van der Waals surface area (Å²) in [5, 5.41) is 34.3. The molecule has 0 aliphatic heterocycles. The number of aliphatic hydroxyl groups is 2. The van der Waals surface area contributed by atoms with Crippen molar-refractivity contribution in [1.82, 2.24) is 14.6 Å². The number of primary amides is 1. The number of halogens is 1. The highest BCUT2D eigenvalue weighted by Crippen LogP contribution is 2.36. The van der Waals surface area contributed by atoms with Crippen LogP contribution in [0.5, 0.6) is 0 Å². The Hall–Kier alpha value is -3.55. The summed E-state index contributed by atoms with van der Waals surface area (Å²) in [7, 11) is 0. The van der Waals surface area contributed by atoms with Gasteiger partial charge in [-0.2, -0.15) is 10.4 Å². The van der Waals surface area contributed by atoms with Gasteiger partial charge in [0.15, 0.2) is 0 Å². The number of hydrogen-bond donors (Lipinski definition) is 3. The van der Waals surface area contributed by atoms with E-state index >= 15 is 4.39 Å². The second-order valence-corrected chi connectivity index (χ2v) is 10.4. The smallest absolute Gasteiger partial charge is 0.252 e. The summed E-state index contributed by atoms with van der Waals surface area (Å²) in [4.78, 5) is 18.6. The Bertz CT molecular complexity index is 1310. The molecular formula is C26H31FN6O3. The Kier molecular flexibility index (Phi) is 6.73. The van der Waals surface area contributed by atoms with Gasteiger partial charge in [0.25, 0.3) is 5.91 Å². The molecule has 190 valence electrons. The predicted octanol–water partition coefficient (Wildman–Crippen LogP) is 2.98. The van der Waals surface area contributed by atoms with Crippen LogP contribution in [0.2, 0.25) is 0 Å². The van der Waals surface area contributed by atoms with Crippen molar-refractivity contribution in [2.24, 2.45) is 5.73 Å². The van der Waals surface area contributed by atoms with Gasteiger partial charge in [0.05, 0.1) is 57.7 Å². The summed E-state index contributed by atoms with van der Waals surface area (Å²) in [5.41, 5.74) is 6.07. The standard InChI is InChI=1S/C26H31FN6O3/c1-25(2,35)23(27)15-32(17-6-8-26(3,36)9-7-17)22-11-20(30-14-19(22)24(29)34)21-5-4-18-10-16(12-28)13-31-33(18)21/h4-5,10-11,13-14,17,23,35-36H,6-9,15H2,1-3H3,(H2,29,34)/t17?,23-,26?/m1/s1. The zero-order chi connectivity index (χ0) is 26.3. The van der Waals surface area contributed by atoms with Crippen LogP contribution in [0, 0.1) is 11.3 Å². The van der Waals surface area contributed by atoms with Crippen molar-refractivity contribution in [2.75, 3.05) is 11.4 Å². The average molecular weight is 495 g/mol. The first-order valence-corrected chi connectivity index (χ1v) is 11.9. The van der Waals surface area contributed by atoms with E-state index in [1.54, 1.807) is 40.6 Å². The number of nitriles is 1. The lowest BCUT2D eigenvalue weighted by molar-refractivity contribution is -0.00432. The van der Waals surface area contributed by atoms with Gasteiger partial charge in [-0.1, -0.05) is 0 Å². The number of fused-ring (bicyclic) bond motifs is 1. The van der Waals surface area contributed by atoms with Gasteiger partial charge in [-0.05, 0) is 70.7 Å². The number of amides is 1. The van der Waals surface area contributed by atoms with Crippen molar-refractivity contribution in [3.05, 3.63) is 47.8 Å². The van der Waals surface area contributed by atoms with Gasteiger partial charge in [-0.15, -0.1) is 0 Å². The Balaban J connectivity index is 1.82. The maximum atomic E-state index is 15.2. The van der Waals surface area contributed by atoms with E-state index in [-0.39, 0.29) is 18.2 Å². The molecule has 1 atom stereocenters. The zero-order valence-electron chi connectivity index (χ0n) is 20.6. The quantitative estimate of drug-likeness (QED) is 0.458. The monoisotopic (exact) mass is 494 g/mol. The molecule has 0 aromatic carbocycles. The number of nitrogens with two attached hydrogens (primary N) is 1.